The molecule has 44 valence electrons. The van der Waals surface area contributed by atoms with Gasteiger partial charge in [0, 0.05) is 6.04 Å². The number of carbonyl (C=O) groups is 1. The van der Waals surface area contributed by atoms with Crippen molar-refractivity contribution in [1.82, 2.24) is 5.32 Å². The van der Waals surface area contributed by atoms with Crippen molar-refractivity contribution in [2.45, 2.75) is 19.4 Å². The summed E-state index contributed by atoms with van der Waals surface area (Å²) in [6.45, 7) is 1.99. The van der Waals surface area contributed by atoms with Gasteiger partial charge in [0.05, 0.1) is 0 Å². The summed E-state index contributed by atoms with van der Waals surface area (Å²) in [5.74, 6) is 0.0313. The Morgan fingerprint density at radius 2 is 2.62 bits per heavy atom. The Morgan fingerprint density at radius 1 is 1.88 bits per heavy atom. The zero-order valence-electron chi connectivity index (χ0n) is 4.85. The molecule has 0 aromatic rings. The molecule has 8 heavy (non-hydrogen) atoms. The molecule has 0 saturated heterocycles. The molecule has 0 radical (unpaired) electrons. The zero-order chi connectivity index (χ0) is 5.98. The van der Waals surface area contributed by atoms with Crippen LogP contribution in [0.15, 0.2) is 12.2 Å². The van der Waals surface area contributed by atoms with E-state index in [1.165, 1.54) is 0 Å². The number of amides is 1. The molecule has 1 atom stereocenters. The predicted molar refractivity (Wildman–Crippen MR) is 31.4 cm³/mol. The van der Waals surface area contributed by atoms with Crippen LogP contribution in [0.25, 0.3) is 0 Å². The van der Waals surface area contributed by atoms with E-state index in [0.717, 1.165) is 6.42 Å². The van der Waals surface area contributed by atoms with E-state index in [9.17, 15) is 4.79 Å². The zero-order valence-corrected chi connectivity index (χ0v) is 4.85. The summed E-state index contributed by atoms with van der Waals surface area (Å²) >= 11 is 0. The quantitative estimate of drug-likeness (QED) is 0.483. The smallest absolute Gasteiger partial charge is 0.243 e. The summed E-state index contributed by atoms with van der Waals surface area (Å²) in [5.41, 5.74) is 0. The Bertz CT molecular complexity index is 128. The molecule has 1 rings (SSSR count). The highest BCUT2D eigenvalue weighted by Gasteiger charge is 2.05. The Hall–Kier alpha value is -0.790. The standard InChI is InChI=1S/C6H9NO/c1-5-3-2-4-6(8)7-5/h2,4-5H,3H2,1H3,(H,7,8)/t5-/m0/s1. The minimum Gasteiger partial charge on any atom is -0.350 e. The predicted octanol–water partition coefficient (Wildman–Crippen LogP) is 0.451. The normalized spacial score (nSPS) is 27.6. The van der Waals surface area contributed by atoms with Crippen LogP contribution in [0.4, 0.5) is 0 Å². The lowest BCUT2D eigenvalue weighted by molar-refractivity contribution is -0.117. The van der Waals surface area contributed by atoms with Crippen LogP contribution in [0.2, 0.25) is 0 Å². The van der Waals surface area contributed by atoms with E-state index in [4.69, 9.17) is 0 Å². The number of hydrogen-bond acceptors (Lipinski definition) is 1. The van der Waals surface area contributed by atoms with E-state index in [1.54, 1.807) is 6.08 Å². The molecule has 1 amide bonds. The first-order valence-corrected chi connectivity index (χ1v) is 2.76. The first kappa shape index (κ1) is 5.35. The first-order valence-electron chi connectivity index (χ1n) is 2.76. The summed E-state index contributed by atoms with van der Waals surface area (Å²) in [6, 6.07) is 0.326. The highest BCUT2D eigenvalue weighted by Crippen LogP contribution is 1.97. The van der Waals surface area contributed by atoms with Crippen LogP contribution in [0.3, 0.4) is 0 Å². The molecular weight excluding hydrogens is 102 g/mol. The van der Waals surface area contributed by atoms with Crippen LogP contribution in [0.1, 0.15) is 13.3 Å². The summed E-state index contributed by atoms with van der Waals surface area (Å²) in [4.78, 5) is 10.5. The largest absolute Gasteiger partial charge is 0.350 e. The average Bonchev–Trinajstić information content (AvgIpc) is 1.64. The maximum atomic E-state index is 10.5. The van der Waals surface area contributed by atoms with Gasteiger partial charge in [-0.2, -0.15) is 0 Å². The van der Waals surface area contributed by atoms with E-state index < -0.39 is 0 Å². The van der Waals surface area contributed by atoms with Crippen molar-refractivity contribution in [3.05, 3.63) is 12.2 Å². The second-order valence-corrected chi connectivity index (χ2v) is 2.05. The molecule has 1 N–H and O–H groups in total. The molecule has 2 heteroatoms. The van der Waals surface area contributed by atoms with Crippen molar-refractivity contribution in [2.75, 3.05) is 0 Å². The maximum Gasteiger partial charge on any atom is 0.243 e. The van der Waals surface area contributed by atoms with Crippen LogP contribution in [0, 0.1) is 0 Å². The van der Waals surface area contributed by atoms with Gasteiger partial charge in [-0.1, -0.05) is 6.08 Å². The van der Waals surface area contributed by atoms with E-state index in [-0.39, 0.29) is 5.91 Å². The monoisotopic (exact) mass is 111 g/mol. The molecule has 1 heterocycles. The van der Waals surface area contributed by atoms with Crippen molar-refractivity contribution in [3.63, 3.8) is 0 Å². The second-order valence-electron chi connectivity index (χ2n) is 2.05. The van der Waals surface area contributed by atoms with Gasteiger partial charge in [0.2, 0.25) is 5.91 Å². The molecule has 1 aliphatic rings. The van der Waals surface area contributed by atoms with Gasteiger partial charge >= 0.3 is 0 Å². The van der Waals surface area contributed by atoms with Gasteiger partial charge in [-0.15, -0.1) is 0 Å². The van der Waals surface area contributed by atoms with Gasteiger partial charge in [0.15, 0.2) is 0 Å². The van der Waals surface area contributed by atoms with Gasteiger partial charge in [-0.05, 0) is 19.4 Å². The third-order valence-corrected chi connectivity index (χ3v) is 1.15. The second kappa shape index (κ2) is 1.99. The van der Waals surface area contributed by atoms with Crippen LogP contribution < -0.4 is 5.32 Å². The summed E-state index contributed by atoms with van der Waals surface area (Å²) in [7, 11) is 0. The van der Waals surface area contributed by atoms with Crippen LogP contribution in [-0.4, -0.2) is 11.9 Å². The van der Waals surface area contributed by atoms with Gasteiger partial charge in [0.25, 0.3) is 0 Å². The number of rotatable bonds is 0. The van der Waals surface area contributed by atoms with E-state index in [1.807, 2.05) is 13.0 Å². The molecule has 0 saturated carbocycles. The number of hydrogen-bond donors (Lipinski definition) is 1. The summed E-state index contributed by atoms with van der Waals surface area (Å²) < 4.78 is 0. The average molecular weight is 111 g/mol. The fourth-order valence-electron chi connectivity index (χ4n) is 0.729. The number of carbonyl (C=O) groups excluding carboxylic acids is 1. The van der Waals surface area contributed by atoms with E-state index in [2.05, 4.69) is 5.32 Å². The molecule has 1 aliphatic heterocycles. The first-order chi connectivity index (χ1) is 3.79. The van der Waals surface area contributed by atoms with Crippen molar-refractivity contribution >= 4 is 5.91 Å². The van der Waals surface area contributed by atoms with Crippen LogP contribution in [-0.2, 0) is 4.79 Å². The highest BCUT2D eigenvalue weighted by molar-refractivity contribution is 5.88. The number of nitrogens with one attached hydrogen (secondary N) is 1. The minimum atomic E-state index is 0.0313. The van der Waals surface area contributed by atoms with E-state index in [0.29, 0.717) is 6.04 Å². The van der Waals surface area contributed by atoms with Crippen LogP contribution in [0.5, 0.6) is 0 Å². The molecule has 0 unspecified atom stereocenters. The molecule has 0 spiro atoms. The summed E-state index contributed by atoms with van der Waals surface area (Å²) in [5, 5.41) is 2.75. The topological polar surface area (TPSA) is 29.1 Å². The third kappa shape index (κ3) is 1.09. The van der Waals surface area contributed by atoms with Crippen molar-refractivity contribution < 1.29 is 4.79 Å². The molecule has 0 aliphatic carbocycles. The minimum absolute atomic E-state index is 0.0313. The summed E-state index contributed by atoms with van der Waals surface area (Å²) in [6.07, 6.45) is 4.43. The molecule has 0 fully saturated rings. The van der Waals surface area contributed by atoms with E-state index >= 15 is 0 Å². The Balaban J connectivity index is 2.54. The van der Waals surface area contributed by atoms with Gasteiger partial charge in [-0.25, -0.2) is 0 Å². The maximum absolute atomic E-state index is 10.5. The fourth-order valence-corrected chi connectivity index (χ4v) is 0.729. The van der Waals surface area contributed by atoms with Crippen molar-refractivity contribution in [3.8, 4) is 0 Å². The molecule has 0 aromatic carbocycles. The molecular formula is C6H9NO. The molecule has 2 nitrogen and oxygen atoms in total. The lowest BCUT2D eigenvalue weighted by Crippen LogP contribution is -2.33. The molecule has 0 aromatic heterocycles. The van der Waals surface area contributed by atoms with Crippen molar-refractivity contribution in [2.24, 2.45) is 0 Å². The van der Waals surface area contributed by atoms with Crippen LogP contribution >= 0.6 is 0 Å². The SMILES string of the molecule is C[C@H]1CC=CC(=O)N1. The Kier molecular flexibility index (Phi) is 1.33. The lowest BCUT2D eigenvalue weighted by atomic mass is 10.2. The fraction of sp³-hybridized carbons (Fsp3) is 0.500. The third-order valence-electron chi connectivity index (χ3n) is 1.15. The Morgan fingerprint density at radius 3 is 3.00 bits per heavy atom. The van der Waals surface area contributed by atoms with Crippen molar-refractivity contribution in [1.29, 1.82) is 0 Å². The molecule has 0 bridgehead atoms. The Labute approximate surface area is 48.6 Å². The van der Waals surface area contributed by atoms with Gasteiger partial charge in [-0.3, -0.25) is 4.79 Å². The van der Waals surface area contributed by atoms with Gasteiger partial charge in [0.1, 0.15) is 0 Å². The highest BCUT2D eigenvalue weighted by atomic mass is 16.1. The lowest BCUT2D eigenvalue weighted by Gasteiger charge is -2.12. The van der Waals surface area contributed by atoms with Gasteiger partial charge < -0.3 is 5.32 Å².